The molecule has 3 nitrogen and oxygen atoms in total. The van der Waals surface area contributed by atoms with E-state index in [0.29, 0.717) is 34.0 Å². The van der Waals surface area contributed by atoms with Gasteiger partial charge in [-0.25, -0.2) is 0 Å². The molecule has 5 atom stereocenters. The van der Waals surface area contributed by atoms with Crippen molar-refractivity contribution in [2.45, 2.75) is 37.3 Å². The van der Waals surface area contributed by atoms with Gasteiger partial charge < -0.3 is 4.84 Å². The predicted molar refractivity (Wildman–Crippen MR) is 85.3 cm³/mol. The third-order valence-electron chi connectivity index (χ3n) is 5.37. The minimum absolute atomic E-state index is 0.459. The van der Waals surface area contributed by atoms with E-state index in [2.05, 4.69) is 16.1 Å². The van der Waals surface area contributed by atoms with Gasteiger partial charge in [0.15, 0.2) is 0 Å². The molecule has 21 heavy (non-hydrogen) atoms. The highest BCUT2D eigenvalue weighted by Gasteiger charge is 2.54. The van der Waals surface area contributed by atoms with Crippen LogP contribution in [0, 0.1) is 5.92 Å². The van der Waals surface area contributed by atoms with Gasteiger partial charge in [-0.2, -0.15) is 0 Å². The van der Waals surface area contributed by atoms with Crippen LogP contribution in [-0.4, -0.2) is 36.3 Å². The fraction of sp³-hybridized carbons (Fsp3) is 0.562. The maximum Gasteiger partial charge on any atom is 0.106 e. The van der Waals surface area contributed by atoms with Crippen LogP contribution < -0.4 is 0 Å². The van der Waals surface area contributed by atoms with Gasteiger partial charge >= 0.3 is 0 Å². The summed E-state index contributed by atoms with van der Waals surface area (Å²) in [5.74, 6) is 0.936. The van der Waals surface area contributed by atoms with Gasteiger partial charge in [0.25, 0.3) is 0 Å². The van der Waals surface area contributed by atoms with Crippen molar-refractivity contribution in [3.05, 3.63) is 33.8 Å². The molecular weight excluding hydrogens is 307 g/mol. The predicted octanol–water partition coefficient (Wildman–Crippen LogP) is 3.95. The Balaban J connectivity index is 1.74. The molecule has 0 aromatic heterocycles. The number of hydrogen-bond donors (Lipinski definition) is 0. The van der Waals surface area contributed by atoms with E-state index in [4.69, 9.17) is 28.0 Å². The fourth-order valence-electron chi connectivity index (χ4n) is 4.60. The summed E-state index contributed by atoms with van der Waals surface area (Å²) in [5.41, 5.74) is 2.48. The Bertz CT molecular complexity index is 604. The summed E-state index contributed by atoms with van der Waals surface area (Å²) in [6.07, 6.45) is 3.76. The lowest BCUT2D eigenvalue weighted by Crippen LogP contribution is -2.40. The zero-order chi connectivity index (χ0) is 14.6. The molecule has 3 aliphatic rings. The van der Waals surface area contributed by atoms with Crippen LogP contribution >= 0.6 is 23.2 Å². The fourth-order valence-corrected chi connectivity index (χ4v) is 4.91. The van der Waals surface area contributed by atoms with Crippen LogP contribution in [0.1, 0.15) is 30.7 Å². The summed E-state index contributed by atoms with van der Waals surface area (Å²) >= 11 is 12.3. The summed E-state index contributed by atoms with van der Waals surface area (Å²) in [7, 11) is 1.64. The number of oxime groups is 1. The molecule has 112 valence electrons. The second kappa shape index (κ2) is 5.15. The summed E-state index contributed by atoms with van der Waals surface area (Å²) < 4.78 is 0. The molecular formula is C16H18Cl2N2O. The Morgan fingerprint density at radius 1 is 1.24 bits per heavy atom. The number of nitrogens with zero attached hydrogens (tertiary/aromatic N) is 2. The molecule has 3 fully saturated rings. The molecule has 4 rings (SSSR count). The number of piperidine rings is 1. The van der Waals surface area contributed by atoms with Gasteiger partial charge in [0.2, 0.25) is 0 Å². The zero-order valence-corrected chi connectivity index (χ0v) is 13.4. The third kappa shape index (κ3) is 2.09. The third-order valence-corrected chi connectivity index (χ3v) is 6.11. The molecule has 0 amide bonds. The van der Waals surface area contributed by atoms with Crippen molar-refractivity contribution < 1.29 is 4.84 Å². The van der Waals surface area contributed by atoms with Crippen molar-refractivity contribution in [2.24, 2.45) is 11.1 Å². The minimum Gasteiger partial charge on any atom is -0.399 e. The first-order chi connectivity index (χ1) is 10.2. The van der Waals surface area contributed by atoms with Crippen LogP contribution in [0.25, 0.3) is 0 Å². The second-order valence-corrected chi connectivity index (χ2v) is 7.09. The van der Waals surface area contributed by atoms with Crippen molar-refractivity contribution >= 4 is 28.9 Å². The molecule has 0 aliphatic carbocycles. The lowest BCUT2D eigenvalue weighted by molar-refractivity contribution is 0.154. The molecule has 0 spiro atoms. The highest BCUT2D eigenvalue weighted by molar-refractivity contribution is 6.42. The summed E-state index contributed by atoms with van der Waals surface area (Å²) in [6.45, 7) is 0.964. The SMILES string of the molecule is CO/N=C1\CN2[C@H]3CC[C@@H]2[C@@H]1[C@@H](c1ccc(Cl)c(Cl)c1)C3. The van der Waals surface area contributed by atoms with Gasteiger partial charge in [0.1, 0.15) is 7.11 Å². The average molecular weight is 325 g/mol. The minimum atomic E-state index is 0.459. The van der Waals surface area contributed by atoms with Crippen LogP contribution in [0.3, 0.4) is 0 Å². The smallest absolute Gasteiger partial charge is 0.106 e. The molecule has 4 bridgehead atoms. The normalized spacial score (nSPS) is 39.0. The molecule has 5 heteroatoms. The van der Waals surface area contributed by atoms with Crippen molar-refractivity contribution in [1.82, 2.24) is 4.90 Å². The van der Waals surface area contributed by atoms with Gasteiger partial charge in [-0.3, -0.25) is 4.90 Å². The number of benzene rings is 1. The molecule has 0 N–H and O–H groups in total. The molecule has 3 aliphatic heterocycles. The first-order valence-corrected chi connectivity index (χ1v) is 8.25. The Hall–Kier alpha value is -0.770. The van der Waals surface area contributed by atoms with E-state index in [1.54, 1.807) is 7.11 Å². The first kappa shape index (κ1) is 13.9. The van der Waals surface area contributed by atoms with Crippen LogP contribution in [0.5, 0.6) is 0 Å². The maximum atomic E-state index is 6.22. The average Bonchev–Trinajstić information content (AvgIpc) is 2.88. The Morgan fingerprint density at radius 2 is 2.10 bits per heavy atom. The maximum absolute atomic E-state index is 6.22. The molecule has 1 unspecified atom stereocenters. The van der Waals surface area contributed by atoms with Gasteiger partial charge in [-0.1, -0.05) is 34.4 Å². The second-order valence-electron chi connectivity index (χ2n) is 6.28. The Morgan fingerprint density at radius 3 is 2.86 bits per heavy atom. The quantitative estimate of drug-likeness (QED) is 0.769. The lowest BCUT2D eigenvalue weighted by Gasteiger charge is -2.36. The van der Waals surface area contributed by atoms with Crippen LogP contribution in [0.2, 0.25) is 10.0 Å². The molecule has 1 aromatic rings. The van der Waals surface area contributed by atoms with E-state index in [9.17, 15) is 0 Å². The largest absolute Gasteiger partial charge is 0.399 e. The first-order valence-electron chi connectivity index (χ1n) is 7.49. The van der Waals surface area contributed by atoms with Crippen molar-refractivity contribution in [1.29, 1.82) is 0 Å². The molecule has 3 saturated heterocycles. The van der Waals surface area contributed by atoms with Crippen molar-refractivity contribution in [3.8, 4) is 0 Å². The van der Waals surface area contributed by atoms with Crippen LogP contribution in [0.4, 0.5) is 0 Å². The number of halogens is 2. The van der Waals surface area contributed by atoms with E-state index in [1.807, 2.05) is 12.1 Å². The van der Waals surface area contributed by atoms with E-state index >= 15 is 0 Å². The lowest BCUT2D eigenvalue weighted by atomic mass is 9.77. The standard InChI is InChI=1S/C16H18Cl2N2O/c1-21-19-14-8-20-10-3-5-15(20)16(14)11(7-10)9-2-4-12(17)13(18)6-9/h2,4,6,10-11,15-16H,3,5,7-8H2,1H3/b19-14+/t10-,11+,15+,16+/m0/s1. The van der Waals surface area contributed by atoms with Gasteiger partial charge in [0, 0.05) is 24.5 Å². The van der Waals surface area contributed by atoms with E-state index in [0.717, 1.165) is 6.54 Å². The van der Waals surface area contributed by atoms with E-state index < -0.39 is 0 Å². The van der Waals surface area contributed by atoms with Crippen LogP contribution in [-0.2, 0) is 4.84 Å². The van der Waals surface area contributed by atoms with Crippen LogP contribution in [0.15, 0.2) is 23.4 Å². The summed E-state index contributed by atoms with van der Waals surface area (Å²) in [5, 5.41) is 5.59. The van der Waals surface area contributed by atoms with E-state index in [1.165, 1.54) is 30.5 Å². The highest BCUT2D eigenvalue weighted by atomic mass is 35.5. The van der Waals surface area contributed by atoms with Gasteiger partial charge in [-0.05, 0) is 42.9 Å². The topological polar surface area (TPSA) is 24.8 Å². The number of rotatable bonds is 2. The highest BCUT2D eigenvalue weighted by Crippen LogP contribution is 2.51. The molecule has 0 saturated carbocycles. The van der Waals surface area contributed by atoms with E-state index in [-0.39, 0.29) is 0 Å². The Kier molecular flexibility index (Phi) is 3.40. The molecule has 0 radical (unpaired) electrons. The van der Waals surface area contributed by atoms with Crippen molar-refractivity contribution in [3.63, 3.8) is 0 Å². The summed E-state index contributed by atoms with van der Waals surface area (Å²) in [6, 6.07) is 7.37. The van der Waals surface area contributed by atoms with Gasteiger partial charge in [0.05, 0.1) is 15.8 Å². The Labute approximate surface area is 134 Å². The molecule has 3 heterocycles. The van der Waals surface area contributed by atoms with Crippen molar-refractivity contribution in [2.75, 3.05) is 13.7 Å². The molecule has 1 aromatic carbocycles. The zero-order valence-electron chi connectivity index (χ0n) is 11.9. The van der Waals surface area contributed by atoms with Gasteiger partial charge in [-0.15, -0.1) is 0 Å². The summed E-state index contributed by atoms with van der Waals surface area (Å²) in [4.78, 5) is 7.70. The number of hydrogen-bond acceptors (Lipinski definition) is 3. The monoisotopic (exact) mass is 324 g/mol.